The fraction of sp³-hybridized carbons (Fsp3) is 0.308. The first kappa shape index (κ1) is 11.1. The zero-order valence-corrected chi connectivity index (χ0v) is 10.9. The maximum Gasteiger partial charge on any atom is 0.186 e. The summed E-state index contributed by atoms with van der Waals surface area (Å²) in [5, 5.41) is 3.55. The summed E-state index contributed by atoms with van der Waals surface area (Å²) in [6.07, 6.45) is 1.20. The maximum absolute atomic E-state index is 5.86. The van der Waals surface area contributed by atoms with E-state index < -0.39 is 0 Å². The van der Waals surface area contributed by atoms with E-state index in [-0.39, 0.29) is 0 Å². The Labute approximate surface area is 110 Å². The van der Waals surface area contributed by atoms with Gasteiger partial charge in [0, 0.05) is 24.4 Å². The van der Waals surface area contributed by atoms with Gasteiger partial charge in [0.05, 0.1) is 0 Å². The molecule has 1 fully saturated rings. The second kappa shape index (κ2) is 4.67. The lowest BCUT2D eigenvalue weighted by atomic mass is 9.99. The van der Waals surface area contributed by atoms with Gasteiger partial charge in [-0.05, 0) is 12.0 Å². The maximum atomic E-state index is 5.86. The highest BCUT2D eigenvalue weighted by Gasteiger charge is 2.25. The van der Waals surface area contributed by atoms with Crippen LogP contribution in [0.15, 0.2) is 35.7 Å². The van der Waals surface area contributed by atoms with Crippen molar-refractivity contribution in [3.8, 4) is 0 Å². The van der Waals surface area contributed by atoms with Crippen LogP contribution in [0.2, 0.25) is 5.15 Å². The summed E-state index contributed by atoms with van der Waals surface area (Å²) in [5.41, 5.74) is 1.43. The zero-order chi connectivity index (χ0) is 11.7. The van der Waals surface area contributed by atoms with Crippen LogP contribution in [0, 0.1) is 0 Å². The van der Waals surface area contributed by atoms with Crippen molar-refractivity contribution in [2.24, 2.45) is 0 Å². The summed E-state index contributed by atoms with van der Waals surface area (Å²) in [6.45, 7) is 2.12. The molecule has 1 aromatic heterocycles. The van der Waals surface area contributed by atoms with Crippen molar-refractivity contribution in [3.05, 3.63) is 46.4 Å². The van der Waals surface area contributed by atoms with Crippen molar-refractivity contribution in [1.82, 2.24) is 4.98 Å². The molecule has 1 saturated heterocycles. The van der Waals surface area contributed by atoms with Crippen molar-refractivity contribution in [2.45, 2.75) is 12.3 Å². The van der Waals surface area contributed by atoms with Crippen LogP contribution in [-0.4, -0.2) is 18.1 Å². The van der Waals surface area contributed by atoms with E-state index in [9.17, 15) is 0 Å². The molecule has 0 N–H and O–H groups in total. The summed E-state index contributed by atoms with van der Waals surface area (Å²) in [4.78, 5) is 6.66. The smallest absolute Gasteiger partial charge is 0.186 e. The van der Waals surface area contributed by atoms with Gasteiger partial charge in [-0.3, -0.25) is 0 Å². The average molecular weight is 265 g/mol. The Morgan fingerprint density at radius 2 is 2.12 bits per heavy atom. The summed E-state index contributed by atoms with van der Waals surface area (Å²) in [5.74, 6) is 0.624. The number of thiazole rings is 1. The van der Waals surface area contributed by atoms with Crippen LogP contribution < -0.4 is 4.90 Å². The SMILES string of the molecule is Clc1csc(N2CCC(c3ccccc3)C2)n1. The van der Waals surface area contributed by atoms with Gasteiger partial charge in [-0.15, -0.1) is 11.3 Å². The quantitative estimate of drug-likeness (QED) is 0.820. The number of aromatic nitrogens is 1. The van der Waals surface area contributed by atoms with Crippen molar-refractivity contribution in [3.63, 3.8) is 0 Å². The van der Waals surface area contributed by atoms with E-state index >= 15 is 0 Å². The van der Waals surface area contributed by atoms with Crippen LogP contribution in [0.4, 0.5) is 5.13 Å². The normalized spacial score (nSPS) is 19.8. The molecule has 2 aromatic rings. The average Bonchev–Trinajstić information content (AvgIpc) is 2.98. The Morgan fingerprint density at radius 3 is 2.82 bits per heavy atom. The first-order valence-corrected chi connectivity index (χ1v) is 6.99. The summed E-state index contributed by atoms with van der Waals surface area (Å²) in [7, 11) is 0. The fourth-order valence-corrected chi connectivity index (χ4v) is 3.31. The largest absolute Gasteiger partial charge is 0.347 e. The lowest BCUT2D eigenvalue weighted by Gasteiger charge is -2.14. The van der Waals surface area contributed by atoms with Gasteiger partial charge in [-0.1, -0.05) is 41.9 Å². The molecule has 88 valence electrons. The van der Waals surface area contributed by atoms with Crippen LogP contribution in [0.25, 0.3) is 0 Å². The number of nitrogens with zero attached hydrogens (tertiary/aromatic N) is 2. The van der Waals surface area contributed by atoms with E-state index in [4.69, 9.17) is 11.6 Å². The highest BCUT2D eigenvalue weighted by molar-refractivity contribution is 7.14. The first-order valence-electron chi connectivity index (χ1n) is 5.74. The lowest BCUT2D eigenvalue weighted by Crippen LogP contribution is -2.18. The molecule has 0 amide bonds. The predicted octanol–water partition coefficient (Wildman–Crippen LogP) is 3.79. The third kappa shape index (κ3) is 2.31. The number of benzene rings is 1. The number of halogens is 1. The molecule has 0 saturated carbocycles. The van der Waals surface area contributed by atoms with Crippen LogP contribution in [-0.2, 0) is 0 Å². The van der Waals surface area contributed by atoms with Gasteiger partial charge in [0.25, 0.3) is 0 Å². The third-order valence-corrected chi connectivity index (χ3v) is 4.42. The Balaban J connectivity index is 1.74. The van der Waals surface area contributed by atoms with E-state index in [0.717, 1.165) is 18.2 Å². The topological polar surface area (TPSA) is 16.1 Å². The van der Waals surface area contributed by atoms with E-state index in [0.29, 0.717) is 11.1 Å². The third-order valence-electron chi connectivity index (χ3n) is 3.19. The minimum Gasteiger partial charge on any atom is -0.347 e. The number of anilines is 1. The standard InChI is InChI=1S/C13H13ClN2S/c14-12-9-17-13(15-12)16-7-6-11(8-16)10-4-2-1-3-5-10/h1-5,9,11H,6-8H2. The molecule has 1 atom stereocenters. The molecule has 1 aliphatic rings. The number of rotatable bonds is 2. The molecule has 0 radical (unpaired) electrons. The second-order valence-electron chi connectivity index (χ2n) is 4.30. The molecule has 17 heavy (non-hydrogen) atoms. The Morgan fingerprint density at radius 1 is 1.29 bits per heavy atom. The number of hydrogen-bond donors (Lipinski definition) is 0. The van der Waals surface area contributed by atoms with Crippen LogP contribution >= 0.6 is 22.9 Å². The zero-order valence-electron chi connectivity index (χ0n) is 9.34. The minimum absolute atomic E-state index is 0.605. The molecule has 2 nitrogen and oxygen atoms in total. The molecule has 2 heterocycles. The molecule has 1 aromatic carbocycles. The van der Waals surface area contributed by atoms with Gasteiger partial charge in [0.15, 0.2) is 5.13 Å². The Hall–Kier alpha value is -1.06. The summed E-state index contributed by atoms with van der Waals surface area (Å²) >= 11 is 7.49. The van der Waals surface area contributed by atoms with Crippen molar-refractivity contribution in [1.29, 1.82) is 0 Å². The molecule has 0 spiro atoms. The van der Waals surface area contributed by atoms with E-state index in [1.807, 2.05) is 5.38 Å². The van der Waals surface area contributed by atoms with E-state index in [2.05, 4.69) is 40.2 Å². The summed E-state index contributed by atoms with van der Waals surface area (Å²) in [6, 6.07) is 10.7. The highest BCUT2D eigenvalue weighted by Crippen LogP contribution is 2.32. The first-order chi connectivity index (χ1) is 8.33. The van der Waals surface area contributed by atoms with Crippen molar-refractivity contribution >= 4 is 28.1 Å². The summed E-state index contributed by atoms with van der Waals surface area (Å²) < 4.78 is 0. The van der Waals surface area contributed by atoms with Gasteiger partial charge < -0.3 is 4.90 Å². The van der Waals surface area contributed by atoms with E-state index in [1.165, 1.54) is 12.0 Å². The van der Waals surface area contributed by atoms with Gasteiger partial charge in [0.2, 0.25) is 0 Å². The van der Waals surface area contributed by atoms with Gasteiger partial charge in [-0.25, -0.2) is 4.98 Å². The van der Waals surface area contributed by atoms with Gasteiger partial charge in [0.1, 0.15) is 5.15 Å². The highest BCUT2D eigenvalue weighted by atomic mass is 35.5. The minimum atomic E-state index is 0.605. The van der Waals surface area contributed by atoms with Crippen LogP contribution in [0.1, 0.15) is 17.9 Å². The van der Waals surface area contributed by atoms with Crippen molar-refractivity contribution < 1.29 is 0 Å². The molecule has 0 bridgehead atoms. The lowest BCUT2D eigenvalue weighted by molar-refractivity contribution is 0.775. The van der Waals surface area contributed by atoms with Gasteiger partial charge >= 0.3 is 0 Å². The van der Waals surface area contributed by atoms with Gasteiger partial charge in [-0.2, -0.15) is 0 Å². The number of hydrogen-bond acceptors (Lipinski definition) is 3. The molecule has 0 aliphatic carbocycles. The second-order valence-corrected chi connectivity index (χ2v) is 5.52. The molecule has 4 heteroatoms. The molecule has 3 rings (SSSR count). The molecular weight excluding hydrogens is 252 g/mol. The fourth-order valence-electron chi connectivity index (χ4n) is 2.32. The molecule has 1 aliphatic heterocycles. The van der Waals surface area contributed by atoms with Crippen LogP contribution in [0.5, 0.6) is 0 Å². The molecular formula is C13H13ClN2S. The van der Waals surface area contributed by atoms with Crippen molar-refractivity contribution in [2.75, 3.05) is 18.0 Å². The molecule has 1 unspecified atom stereocenters. The Bertz CT molecular complexity index is 497. The van der Waals surface area contributed by atoms with Crippen LogP contribution in [0.3, 0.4) is 0 Å². The monoisotopic (exact) mass is 264 g/mol. The Kier molecular flexibility index (Phi) is 3.04. The van der Waals surface area contributed by atoms with E-state index in [1.54, 1.807) is 11.3 Å². The predicted molar refractivity (Wildman–Crippen MR) is 73.1 cm³/mol.